The van der Waals surface area contributed by atoms with Gasteiger partial charge < -0.3 is 19.0 Å². The third-order valence-corrected chi connectivity index (χ3v) is 4.50. The van der Waals surface area contributed by atoms with Crippen LogP contribution < -0.4 is 5.32 Å². The van der Waals surface area contributed by atoms with Crippen LogP contribution in [0.2, 0.25) is 0 Å². The average molecular weight is 341 g/mol. The fourth-order valence-electron chi connectivity index (χ4n) is 3.09. The van der Waals surface area contributed by atoms with Gasteiger partial charge >= 0.3 is 11.8 Å². The van der Waals surface area contributed by atoms with Crippen LogP contribution in [0.25, 0.3) is 22.6 Å². The number of hydrogen-bond acceptors (Lipinski definition) is 6. The molecule has 1 saturated heterocycles. The molecule has 0 spiro atoms. The highest BCUT2D eigenvalue weighted by molar-refractivity contribution is 5.91. The minimum atomic E-state index is -0.404. The quantitative estimate of drug-likeness (QED) is 0.784. The van der Waals surface area contributed by atoms with Crippen molar-refractivity contribution in [2.75, 3.05) is 13.2 Å². The Balaban J connectivity index is 1.55. The van der Waals surface area contributed by atoms with Crippen LogP contribution in [-0.2, 0) is 4.74 Å². The molecule has 1 fully saturated rings. The van der Waals surface area contributed by atoms with Gasteiger partial charge in [0.05, 0.1) is 6.10 Å². The van der Waals surface area contributed by atoms with Crippen molar-refractivity contribution in [3.8, 4) is 11.6 Å². The highest BCUT2D eigenvalue weighted by Crippen LogP contribution is 2.32. The zero-order valence-electron chi connectivity index (χ0n) is 14.2. The van der Waals surface area contributed by atoms with Crippen molar-refractivity contribution in [3.05, 3.63) is 35.2 Å². The molecule has 1 aliphatic rings. The Hall–Kier alpha value is -2.67. The molecule has 130 valence electrons. The Morgan fingerprint density at radius 3 is 3.00 bits per heavy atom. The summed E-state index contributed by atoms with van der Waals surface area (Å²) in [7, 11) is 0. The second-order valence-corrected chi connectivity index (χ2v) is 6.28. The molecule has 0 bridgehead atoms. The van der Waals surface area contributed by atoms with Crippen LogP contribution in [0.1, 0.15) is 34.7 Å². The number of para-hydroxylation sites is 1. The number of carbonyl (C=O) groups excluding carboxylic acids is 1. The van der Waals surface area contributed by atoms with Crippen LogP contribution in [-0.4, -0.2) is 35.3 Å². The summed E-state index contributed by atoms with van der Waals surface area (Å²) < 4.78 is 16.5. The minimum Gasteiger partial charge on any atom is -0.452 e. The van der Waals surface area contributed by atoms with Gasteiger partial charge in [-0.3, -0.25) is 4.79 Å². The fourth-order valence-corrected chi connectivity index (χ4v) is 3.09. The van der Waals surface area contributed by atoms with Gasteiger partial charge in [0.25, 0.3) is 0 Å². The van der Waals surface area contributed by atoms with Gasteiger partial charge in [0.15, 0.2) is 5.76 Å². The number of hydrogen-bond donors (Lipinski definition) is 1. The summed E-state index contributed by atoms with van der Waals surface area (Å²) in [4.78, 5) is 16.4. The molecule has 1 unspecified atom stereocenters. The monoisotopic (exact) mass is 341 g/mol. The number of carbonyl (C=O) groups is 1. The first-order chi connectivity index (χ1) is 12.1. The summed E-state index contributed by atoms with van der Waals surface area (Å²) in [6.45, 7) is 5.11. The van der Waals surface area contributed by atoms with Crippen molar-refractivity contribution in [3.63, 3.8) is 0 Å². The molecule has 1 aliphatic heterocycles. The second kappa shape index (κ2) is 6.33. The standard InChI is InChI=1S/C18H19N3O4/c1-10-5-3-7-13-11(2)15(24-14(10)13)16-20-18(25-21-16)17(22)19-9-12-6-4-8-23-12/h3,5,7,12H,4,6,8-9H2,1-2H3,(H,19,22). The molecule has 3 aromatic rings. The number of nitrogens with one attached hydrogen (secondary N) is 1. The van der Waals surface area contributed by atoms with Gasteiger partial charge in [0.2, 0.25) is 5.82 Å². The minimum absolute atomic E-state index is 0.0620. The van der Waals surface area contributed by atoms with E-state index in [9.17, 15) is 4.79 Å². The molecule has 0 aliphatic carbocycles. The fraction of sp³-hybridized carbons (Fsp3) is 0.389. The highest BCUT2D eigenvalue weighted by Gasteiger charge is 2.23. The van der Waals surface area contributed by atoms with Crippen molar-refractivity contribution < 1.29 is 18.5 Å². The van der Waals surface area contributed by atoms with Crippen LogP contribution in [0.15, 0.2) is 27.1 Å². The van der Waals surface area contributed by atoms with Gasteiger partial charge in [-0.05, 0) is 32.3 Å². The van der Waals surface area contributed by atoms with Gasteiger partial charge in [-0.15, -0.1) is 0 Å². The number of fused-ring (bicyclic) bond motifs is 1. The first kappa shape index (κ1) is 15.8. The molecule has 7 heteroatoms. The lowest BCUT2D eigenvalue weighted by molar-refractivity contribution is 0.0822. The number of nitrogens with zero attached hydrogens (tertiary/aromatic N) is 2. The predicted molar refractivity (Wildman–Crippen MR) is 90.3 cm³/mol. The molecule has 1 aromatic carbocycles. The number of ether oxygens (including phenoxy) is 1. The Kier molecular flexibility index (Phi) is 4.01. The van der Waals surface area contributed by atoms with Gasteiger partial charge in [-0.2, -0.15) is 4.98 Å². The summed E-state index contributed by atoms with van der Waals surface area (Å²) in [6, 6.07) is 5.94. The van der Waals surface area contributed by atoms with E-state index in [1.165, 1.54) is 0 Å². The lowest BCUT2D eigenvalue weighted by Crippen LogP contribution is -2.31. The molecule has 1 amide bonds. The van der Waals surface area contributed by atoms with Crippen molar-refractivity contribution in [2.45, 2.75) is 32.8 Å². The molecular formula is C18H19N3O4. The van der Waals surface area contributed by atoms with Gasteiger partial charge in [-0.25, -0.2) is 0 Å². The highest BCUT2D eigenvalue weighted by atomic mass is 16.5. The molecule has 1 N–H and O–H groups in total. The zero-order chi connectivity index (χ0) is 17.4. The predicted octanol–water partition coefficient (Wildman–Crippen LogP) is 3.01. The van der Waals surface area contributed by atoms with Gasteiger partial charge in [-0.1, -0.05) is 23.4 Å². The summed E-state index contributed by atoms with van der Waals surface area (Å²) in [6.07, 6.45) is 2.04. The Bertz CT molecular complexity index is 922. The SMILES string of the molecule is Cc1c(-c2noc(C(=O)NCC3CCCO3)n2)oc2c(C)cccc12. The number of amides is 1. The smallest absolute Gasteiger partial charge is 0.316 e. The average Bonchev–Trinajstić information content (AvgIpc) is 3.33. The van der Waals surface area contributed by atoms with E-state index in [1.54, 1.807) is 0 Å². The Morgan fingerprint density at radius 1 is 1.36 bits per heavy atom. The molecular weight excluding hydrogens is 322 g/mol. The van der Waals surface area contributed by atoms with E-state index in [1.807, 2.05) is 32.0 Å². The number of aromatic nitrogens is 2. The summed E-state index contributed by atoms with van der Waals surface area (Å²) >= 11 is 0. The van der Waals surface area contributed by atoms with E-state index in [-0.39, 0.29) is 17.8 Å². The largest absolute Gasteiger partial charge is 0.452 e. The maximum absolute atomic E-state index is 12.2. The molecule has 3 heterocycles. The molecule has 7 nitrogen and oxygen atoms in total. The summed E-state index contributed by atoms with van der Waals surface area (Å²) in [5.74, 6) is 0.311. The normalized spacial score (nSPS) is 17.3. The summed E-state index contributed by atoms with van der Waals surface area (Å²) in [5, 5.41) is 7.67. The molecule has 0 radical (unpaired) electrons. The molecule has 1 atom stereocenters. The maximum atomic E-state index is 12.2. The number of rotatable bonds is 4. The van der Waals surface area contributed by atoms with E-state index < -0.39 is 5.91 Å². The maximum Gasteiger partial charge on any atom is 0.316 e. The van der Waals surface area contributed by atoms with E-state index in [0.717, 1.165) is 41.5 Å². The Labute approximate surface area is 144 Å². The third kappa shape index (κ3) is 2.91. The van der Waals surface area contributed by atoms with Gasteiger partial charge in [0.1, 0.15) is 5.58 Å². The van der Waals surface area contributed by atoms with Crippen LogP contribution in [0.3, 0.4) is 0 Å². The van der Waals surface area contributed by atoms with E-state index in [2.05, 4.69) is 15.5 Å². The van der Waals surface area contributed by atoms with E-state index in [4.69, 9.17) is 13.7 Å². The van der Waals surface area contributed by atoms with Crippen molar-refractivity contribution in [1.82, 2.24) is 15.5 Å². The Morgan fingerprint density at radius 2 is 2.24 bits per heavy atom. The summed E-state index contributed by atoms with van der Waals surface area (Å²) in [5.41, 5.74) is 2.75. The lowest BCUT2D eigenvalue weighted by Gasteiger charge is -2.08. The van der Waals surface area contributed by atoms with Crippen LogP contribution in [0.4, 0.5) is 0 Å². The molecule has 2 aromatic heterocycles. The molecule has 4 rings (SSSR count). The van der Waals surface area contributed by atoms with E-state index in [0.29, 0.717) is 12.3 Å². The van der Waals surface area contributed by atoms with Gasteiger partial charge in [0, 0.05) is 24.1 Å². The molecule has 0 saturated carbocycles. The first-order valence-corrected chi connectivity index (χ1v) is 8.36. The number of benzene rings is 1. The second-order valence-electron chi connectivity index (χ2n) is 6.28. The first-order valence-electron chi connectivity index (χ1n) is 8.36. The topological polar surface area (TPSA) is 90.4 Å². The number of aryl methyl sites for hydroxylation is 2. The van der Waals surface area contributed by atoms with Crippen LogP contribution in [0.5, 0.6) is 0 Å². The van der Waals surface area contributed by atoms with Crippen molar-refractivity contribution >= 4 is 16.9 Å². The van der Waals surface area contributed by atoms with Crippen molar-refractivity contribution in [2.24, 2.45) is 0 Å². The van der Waals surface area contributed by atoms with Crippen LogP contribution >= 0.6 is 0 Å². The van der Waals surface area contributed by atoms with E-state index >= 15 is 0 Å². The number of furan rings is 1. The van der Waals surface area contributed by atoms with Crippen LogP contribution in [0, 0.1) is 13.8 Å². The lowest BCUT2D eigenvalue weighted by atomic mass is 10.1. The third-order valence-electron chi connectivity index (χ3n) is 4.50. The molecule has 25 heavy (non-hydrogen) atoms. The zero-order valence-corrected chi connectivity index (χ0v) is 14.2. The van der Waals surface area contributed by atoms with Crippen molar-refractivity contribution in [1.29, 1.82) is 0 Å².